The van der Waals surface area contributed by atoms with E-state index in [0.717, 1.165) is 4.90 Å². The number of nitrogens with one attached hydrogen (secondary N) is 1. The van der Waals surface area contributed by atoms with Crippen LogP contribution in [0.25, 0.3) is 5.57 Å². The van der Waals surface area contributed by atoms with Gasteiger partial charge in [0, 0.05) is 30.2 Å². The van der Waals surface area contributed by atoms with E-state index in [9.17, 15) is 27.2 Å². The second-order valence-corrected chi connectivity index (χ2v) is 8.57. The molecule has 1 saturated heterocycles. The van der Waals surface area contributed by atoms with E-state index in [2.05, 4.69) is 0 Å². The first-order valence-corrected chi connectivity index (χ1v) is 9.90. The lowest BCUT2D eigenvalue weighted by Gasteiger charge is -2.38. The number of hydrogen-bond donors (Lipinski definition) is 2. The van der Waals surface area contributed by atoms with Crippen LogP contribution in [0.15, 0.2) is 15.4 Å². The van der Waals surface area contributed by atoms with E-state index < -0.39 is 71.0 Å². The normalized spacial score (nSPS) is 30.1. The molecule has 30 heavy (non-hydrogen) atoms. The zero-order chi connectivity index (χ0) is 22.1. The molecule has 0 radical (unpaired) electrons. The molecule has 4 unspecified atom stereocenters. The van der Waals surface area contributed by atoms with Crippen molar-refractivity contribution in [1.29, 1.82) is 0 Å². The van der Waals surface area contributed by atoms with E-state index in [-0.39, 0.29) is 18.3 Å². The van der Waals surface area contributed by atoms with Crippen molar-refractivity contribution in [3.8, 4) is 0 Å². The molecule has 2 aliphatic carbocycles. The number of aromatic nitrogens is 2. The average molecular weight is 434 g/mol. The lowest BCUT2D eigenvalue weighted by molar-refractivity contribution is -0.0346. The Balaban J connectivity index is 1.90. The van der Waals surface area contributed by atoms with Crippen LogP contribution in [0.3, 0.4) is 0 Å². The van der Waals surface area contributed by atoms with Crippen LogP contribution < -0.4 is 17.0 Å². The zero-order valence-corrected chi connectivity index (χ0v) is 16.5. The molecule has 0 spiro atoms. The summed E-state index contributed by atoms with van der Waals surface area (Å²) in [5, 5.41) is 0. The van der Waals surface area contributed by atoms with E-state index in [1.165, 1.54) is 18.4 Å². The topological polar surface area (TPSA) is 84.1 Å². The van der Waals surface area contributed by atoms with Gasteiger partial charge >= 0.3 is 5.69 Å². The minimum absolute atomic E-state index is 0.0134. The molecule has 0 aromatic carbocycles. The monoisotopic (exact) mass is 434 g/mol. The molecule has 1 aliphatic heterocycles. The maximum absolute atomic E-state index is 15.4. The number of aromatic amines is 1. The number of allylic oxidation sites excluding steroid dienone is 1. The maximum Gasteiger partial charge on any atom is 0.328 e. The molecule has 1 aromatic rings. The van der Waals surface area contributed by atoms with Crippen molar-refractivity contribution in [1.82, 2.24) is 14.5 Å². The molecule has 0 bridgehead atoms. The fourth-order valence-corrected chi connectivity index (χ4v) is 4.91. The predicted octanol–water partition coefficient (Wildman–Crippen LogP) is 2.22. The van der Waals surface area contributed by atoms with Gasteiger partial charge in [-0.2, -0.15) is 0 Å². The summed E-state index contributed by atoms with van der Waals surface area (Å²) in [6, 6.07) is -2.62. The van der Waals surface area contributed by atoms with E-state index in [4.69, 9.17) is 5.73 Å². The third-order valence-corrected chi connectivity index (χ3v) is 6.42. The van der Waals surface area contributed by atoms with Crippen LogP contribution >= 0.6 is 0 Å². The summed E-state index contributed by atoms with van der Waals surface area (Å²) in [4.78, 5) is 27.9. The van der Waals surface area contributed by atoms with Gasteiger partial charge in [0.1, 0.15) is 5.83 Å². The largest absolute Gasteiger partial charge is 0.328 e. The lowest BCUT2D eigenvalue weighted by Crippen LogP contribution is -2.47. The summed E-state index contributed by atoms with van der Waals surface area (Å²) in [5.41, 5.74) is 2.11. The van der Waals surface area contributed by atoms with Crippen molar-refractivity contribution in [2.45, 2.75) is 63.1 Å². The number of nitrogens with zero attached hydrogens (tertiary/aromatic N) is 2. The number of nitrogens with two attached hydrogens (primary N) is 1. The molecule has 0 amide bonds. The Labute approximate surface area is 168 Å². The lowest BCUT2D eigenvalue weighted by atomic mass is 9.82. The Kier molecular flexibility index (Phi) is 4.96. The minimum Gasteiger partial charge on any atom is -0.327 e. The van der Waals surface area contributed by atoms with Crippen LogP contribution in [-0.4, -0.2) is 52.0 Å². The highest BCUT2D eigenvalue weighted by atomic mass is 19.3. The minimum atomic E-state index is -3.35. The molecule has 2 fully saturated rings. The van der Waals surface area contributed by atoms with Gasteiger partial charge in [0.15, 0.2) is 0 Å². The van der Waals surface area contributed by atoms with Gasteiger partial charge in [-0.25, -0.2) is 26.7 Å². The summed E-state index contributed by atoms with van der Waals surface area (Å²) in [5.74, 6) is -6.75. The molecule has 3 N–H and O–H groups in total. The highest BCUT2D eigenvalue weighted by Gasteiger charge is 2.54. The van der Waals surface area contributed by atoms with Gasteiger partial charge in [-0.3, -0.25) is 19.2 Å². The Hall–Kier alpha value is -2.01. The smallest absolute Gasteiger partial charge is 0.327 e. The van der Waals surface area contributed by atoms with Crippen LogP contribution in [0, 0.1) is 5.92 Å². The quantitative estimate of drug-likeness (QED) is 0.712. The second kappa shape index (κ2) is 7.01. The molecule has 3 aliphatic rings. The molecule has 11 heteroatoms. The molecule has 1 saturated carbocycles. The van der Waals surface area contributed by atoms with E-state index >= 15 is 4.39 Å². The Bertz CT molecular complexity index is 1010. The predicted molar refractivity (Wildman–Crippen MR) is 99.5 cm³/mol. The molecule has 166 valence electrons. The maximum atomic E-state index is 15.4. The molecule has 4 atom stereocenters. The highest BCUT2D eigenvalue weighted by Crippen LogP contribution is 2.47. The van der Waals surface area contributed by atoms with Crippen molar-refractivity contribution in [3.63, 3.8) is 0 Å². The number of alkyl halides is 4. The first-order chi connectivity index (χ1) is 14.0. The number of halogens is 5. The van der Waals surface area contributed by atoms with Gasteiger partial charge in [0.25, 0.3) is 17.9 Å². The van der Waals surface area contributed by atoms with Gasteiger partial charge in [0.2, 0.25) is 0 Å². The summed E-state index contributed by atoms with van der Waals surface area (Å²) in [6.45, 7) is 1.77. The average Bonchev–Trinajstić information content (AvgIpc) is 3.39. The van der Waals surface area contributed by atoms with Gasteiger partial charge in [0.05, 0.1) is 29.6 Å². The van der Waals surface area contributed by atoms with E-state index in [1.807, 2.05) is 4.98 Å². The first kappa shape index (κ1) is 21.2. The molecule has 2 heterocycles. The number of hydrogen-bond acceptors (Lipinski definition) is 4. The summed E-state index contributed by atoms with van der Waals surface area (Å²) >= 11 is 0. The fourth-order valence-electron chi connectivity index (χ4n) is 4.91. The molecular formula is C19H23F5N4O2. The van der Waals surface area contributed by atoms with Crippen molar-refractivity contribution in [2.24, 2.45) is 11.7 Å². The SMILES string of the molecule is CC(N)C1CN(C2C(F)=C(C(F)F)c3c(n(C4CC4)c(=O)[nH]c3=O)C2C)CC1(F)F. The number of rotatable bonds is 4. The van der Waals surface area contributed by atoms with Gasteiger partial charge < -0.3 is 5.73 Å². The standard InChI is InChI=1S/C19H23F5N4O2/c1-7-14-12(17(29)26-18(30)28(14)9-3-4-9)11(16(21)22)13(20)15(7)27-5-10(8(2)25)19(23,24)6-27/h7-10,15-16H,3-6,25H2,1-2H3,(H,26,29,30). The molecular weight excluding hydrogens is 411 g/mol. The van der Waals surface area contributed by atoms with Crippen molar-refractivity contribution in [2.75, 3.05) is 13.1 Å². The van der Waals surface area contributed by atoms with Crippen LogP contribution in [0.2, 0.25) is 0 Å². The number of likely N-dealkylation sites (tertiary alicyclic amines) is 1. The summed E-state index contributed by atoms with van der Waals surface area (Å²) < 4.78 is 73.4. The van der Waals surface area contributed by atoms with Gasteiger partial charge in [-0.15, -0.1) is 0 Å². The zero-order valence-electron chi connectivity index (χ0n) is 16.5. The van der Waals surface area contributed by atoms with Crippen molar-refractivity contribution in [3.05, 3.63) is 37.9 Å². The van der Waals surface area contributed by atoms with Crippen LogP contribution in [0.5, 0.6) is 0 Å². The molecule has 6 nitrogen and oxygen atoms in total. The van der Waals surface area contributed by atoms with Gasteiger partial charge in [-0.05, 0) is 19.8 Å². The van der Waals surface area contributed by atoms with Crippen LogP contribution in [0.4, 0.5) is 22.0 Å². The third kappa shape index (κ3) is 3.13. The highest BCUT2D eigenvalue weighted by molar-refractivity contribution is 5.74. The first-order valence-electron chi connectivity index (χ1n) is 9.90. The third-order valence-electron chi connectivity index (χ3n) is 6.42. The summed E-state index contributed by atoms with van der Waals surface area (Å²) in [6.07, 6.45) is -2.13. The van der Waals surface area contributed by atoms with Crippen molar-refractivity contribution >= 4 is 5.57 Å². The number of fused-ring (bicyclic) bond motifs is 1. The Morgan fingerprint density at radius 3 is 2.37 bits per heavy atom. The van der Waals surface area contributed by atoms with Crippen LogP contribution in [-0.2, 0) is 0 Å². The Morgan fingerprint density at radius 2 is 1.87 bits per heavy atom. The fraction of sp³-hybridized carbons (Fsp3) is 0.684. The summed E-state index contributed by atoms with van der Waals surface area (Å²) in [7, 11) is 0. The van der Waals surface area contributed by atoms with E-state index in [1.54, 1.807) is 0 Å². The molecule has 4 rings (SSSR count). The molecule has 1 aromatic heterocycles. The van der Waals surface area contributed by atoms with Crippen molar-refractivity contribution < 1.29 is 22.0 Å². The second-order valence-electron chi connectivity index (χ2n) is 8.57. The number of H-pyrrole nitrogens is 1. The van der Waals surface area contributed by atoms with Gasteiger partial charge in [-0.1, -0.05) is 6.92 Å². The van der Waals surface area contributed by atoms with Crippen LogP contribution in [0.1, 0.15) is 49.9 Å². The Morgan fingerprint density at radius 1 is 1.23 bits per heavy atom. The van der Waals surface area contributed by atoms with E-state index in [0.29, 0.717) is 12.8 Å².